The largest absolute Gasteiger partial charge is 0.333 e. The molecule has 1 saturated heterocycles. The first-order chi connectivity index (χ1) is 8.52. The molecule has 3 amide bonds. The highest BCUT2D eigenvalue weighted by Gasteiger charge is 2.44. The molecule has 1 aromatic heterocycles. The predicted molar refractivity (Wildman–Crippen MR) is 68.1 cm³/mol. The van der Waals surface area contributed by atoms with Crippen molar-refractivity contribution in [2.45, 2.75) is 26.3 Å². The van der Waals surface area contributed by atoms with Crippen LogP contribution in [0, 0.1) is 5.92 Å². The van der Waals surface area contributed by atoms with E-state index in [9.17, 15) is 9.59 Å². The first-order valence-electron chi connectivity index (χ1n) is 6.04. The number of imide groups is 1. The average Bonchev–Trinajstić information content (AvgIpc) is 2.54. The summed E-state index contributed by atoms with van der Waals surface area (Å²) in [5.41, 5.74) is 0. The Hall–Kier alpha value is -1.91. The summed E-state index contributed by atoms with van der Waals surface area (Å²) < 4.78 is 0. The number of pyridine rings is 1. The molecule has 0 unspecified atom stereocenters. The summed E-state index contributed by atoms with van der Waals surface area (Å²) in [5, 5.41) is 0. The normalized spacial score (nSPS) is 20.1. The SMILES string of the molecule is CC(C)C[C@@H]1C(=O)N(c2ccccn2)C(=O)N1C. The quantitative estimate of drug-likeness (QED) is 0.766. The van der Waals surface area contributed by atoms with Crippen LogP contribution in [-0.4, -0.2) is 34.9 Å². The Morgan fingerprint density at radius 1 is 1.33 bits per heavy atom. The Bertz CT molecular complexity index is 459. The molecule has 1 aliphatic rings. The van der Waals surface area contributed by atoms with Crippen molar-refractivity contribution < 1.29 is 9.59 Å². The van der Waals surface area contributed by atoms with E-state index in [4.69, 9.17) is 0 Å². The van der Waals surface area contributed by atoms with Crippen molar-refractivity contribution in [1.82, 2.24) is 9.88 Å². The van der Waals surface area contributed by atoms with Crippen LogP contribution in [0.3, 0.4) is 0 Å². The number of anilines is 1. The van der Waals surface area contributed by atoms with E-state index in [1.165, 1.54) is 4.90 Å². The van der Waals surface area contributed by atoms with E-state index in [1.54, 1.807) is 31.4 Å². The van der Waals surface area contributed by atoms with Crippen LogP contribution in [0.15, 0.2) is 24.4 Å². The van der Waals surface area contributed by atoms with E-state index < -0.39 is 0 Å². The van der Waals surface area contributed by atoms with E-state index in [0.29, 0.717) is 18.2 Å². The molecule has 0 spiro atoms. The number of amides is 3. The molecule has 1 atom stereocenters. The zero-order valence-corrected chi connectivity index (χ0v) is 10.8. The van der Waals surface area contributed by atoms with Gasteiger partial charge in [-0.3, -0.25) is 4.79 Å². The van der Waals surface area contributed by atoms with Gasteiger partial charge in [-0.15, -0.1) is 0 Å². The van der Waals surface area contributed by atoms with E-state index in [1.807, 2.05) is 13.8 Å². The fourth-order valence-electron chi connectivity index (χ4n) is 2.10. The summed E-state index contributed by atoms with van der Waals surface area (Å²) in [5.74, 6) is 0.568. The standard InChI is InChI=1S/C13H17N3O2/c1-9(2)8-10-12(17)16(13(18)15(10)3)11-6-4-5-7-14-11/h4-7,9-10H,8H2,1-3H3/t10-/m1/s1. The van der Waals surface area contributed by atoms with Gasteiger partial charge in [-0.05, 0) is 24.5 Å². The minimum absolute atomic E-state index is 0.185. The molecule has 1 aliphatic heterocycles. The average molecular weight is 247 g/mol. The molecule has 5 heteroatoms. The molecule has 2 heterocycles. The van der Waals surface area contributed by atoms with Gasteiger partial charge in [0.1, 0.15) is 11.9 Å². The van der Waals surface area contributed by atoms with Gasteiger partial charge in [0.2, 0.25) is 0 Å². The summed E-state index contributed by atoms with van der Waals surface area (Å²) in [7, 11) is 1.66. The molecular formula is C13H17N3O2. The third-order valence-corrected chi connectivity index (χ3v) is 3.04. The molecule has 0 radical (unpaired) electrons. The highest BCUT2D eigenvalue weighted by molar-refractivity contribution is 6.20. The third-order valence-electron chi connectivity index (χ3n) is 3.04. The molecule has 1 fully saturated rings. The van der Waals surface area contributed by atoms with Crippen molar-refractivity contribution in [3.63, 3.8) is 0 Å². The van der Waals surface area contributed by atoms with E-state index in [-0.39, 0.29) is 18.0 Å². The van der Waals surface area contributed by atoms with Crippen LogP contribution < -0.4 is 4.90 Å². The molecule has 0 N–H and O–H groups in total. The molecule has 5 nitrogen and oxygen atoms in total. The van der Waals surface area contributed by atoms with Gasteiger partial charge < -0.3 is 4.90 Å². The fraction of sp³-hybridized carbons (Fsp3) is 0.462. The number of urea groups is 1. The smallest absolute Gasteiger partial charge is 0.315 e. The molecule has 0 saturated carbocycles. The highest BCUT2D eigenvalue weighted by Crippen LogP contribution is 2.25. The van der Waals surface area contributed by atoms with Gasteiger partial charge in [0, 0.05) is 13.2 Å². The van der Waals surface area contributed by atoms with Gasteiger partial charge in [0.05, 0.1) is 0 Å². The van der Waals surface area contributed by atoms with E-state index in [2.05, 4.69) is 4.98 Å². The zero-order valence-electron chi connectivity index (χ0n) is 10.8. The van der Waals surface area contributed by atoms with Gasteiger partial charge in [0.15, 0.2) is 0 Å². The first-order valence-corrected chi connectivity index (χ1v) is 6.04. The number of hydrogen-bond acceptors (Lipinski definition) is 3. The lowest BCUT2D eigenvalue weighted by atomic mass is 10.0. The predicted octanol–water partition coefficient (Wildman–Crippen LogP) is 1.89. The molecule has 0 aliphatic carbocycles. The number of aromatic nitrogens is 1. The van der Waals surface area contributed by atoms with Crippen molar-refractivity contribution in [3.05, 3.63) is 24.4 Å². The number of rotatable bonds is 3. The number of hydrogen-bond donors (Lipinski definition) is 0. The first kappa shape index (κ1) is 12.5. The second kappa shape index (κ2) is 4.76. The van der Waals surface area contributed by atoms with Crippen LogP contribution in [0.25, 0.3) is 0 Å². The Balaban J connectivity index is 2.29. The lowest BCUT2D eigenvalue weighted by Crippen LogP contribution is -2.32. The van der Waals surface area contributed by atoms with E-state index >= 15 is 0 Å². The molecule has 1 aromatic rings. The number of nitrogens with zero attached hydrogens (tertiary/aromatic N) is 3. The second-order valence-electron chi connectivity index (χ2n) is 4.90. The van der Waals surface area contributed by atoms with Crippen molar-refractivity contribution in [1.29, 1.82) is 0 Å². The van der Waals surface area contributed by atoms with Crippen molar-refractivity contribution >= 4 is 17.8 Å². The van der Waals surface area contributed by atoms with Gasteiger partial charge in [-0.1, -0.05) is 19.9 Å². The maximum Gasteiger partial charge on any atom is 0.333 e. The van der Waals surface area contributed by atoms with Gasteiger partial charge >= 0.3 is 6.03 Å². The van der Waals surface area contributed by atoms with Crippen molar-refractivity contribution in [3.8, 4) is 0 Å². The Morgan fingerprint density at radius 2 is 2.06 bits per heavy atom. The van der Waals surface area contributed by atoms with Crippen LogP contribution in [0.5, 0.6) is 0 Å². The summed E-state index contributed by atoms with van der Waals surface area (Å²) in [6.07, 6.45) is 2.25. The maximum atomic E-state index is 12.3. The number of likely N-dealkylation sites (N-methyl/N-ethyl adjacent to an activating group) is 1. The summed E-state index contributed by atoms with van der Waals surface area (Å²) in [4.78, 5) is 31.1. The van der Waals surface area contributed by atoms with Gasteiger partial charge in [0.25, 0.3) is 5.91 Å². The third kappa shape index (κ3) is 2.08. The van der Waals surface area contributed by atoms with Crippen molar-refractivity contribution in [2.24, 2.45) is 5.92 Å². The molecular weight excluding hydrogens is 230 g/mol. The van der Waals surface area contributed by atoms with E-state index in [0.717, 1.165) is 4.90 Å². The molecule has 18 heavy (non-hydrogen) atoms. The van der Waals surface area contributed by atoms with Crippen LogP contribution in [0.2, 0.25) is 0 Å². The van der Waals surface area contributed by atoms with Crippen LogP contribution >= 0.6 is 0 Å². The van der Waals surface area contributed by atoms with Crippen LogP contribution in [0.1, 0.15) is 20.3 Å². The summed E-state index contributed by atoms with van der Waals surface area (Å²) in [6.45, 7) is 4.07. The lowest BCUT2D eigenvalue weighted by molar-refractivity contribution is -0.119. The number of carbonyl (C=O) groups excluding carboxylic acids is 2. The number of carbonyl (C=O) groups is 2. The topological polar surface area (TPSA) is 53.5 Å². The van der Waals surface area contributed by atoms with Gasteiger partial charge in [-0.25, -0.2) is 14.7 Å². The highest BCUT2D eigenvalue weighted by atomic mass is 16.2. The van der Waals surface area contributed by atoms with Crippen LogP contribution in [0.4, 0.5) is 10.6 Å². The minimum Gasteiger partial charge on any atom is -0.315 e. The summed E-state index contributed by atoms with van der Waals surface area (Å²) in [6, 6.07) is 4.51. The lowest BCUT2D eigenvalue weighted by Gasteiger charge is -2.17. The van der Waals surface area contributed by atoms with Crippen LogP contribution in [-0.2, 0) is 4.79 Å². The maximum absolute atomic E-state index is 12.3. The molecule has 2 rings (SSSR count). The Kier molecular flexibility index (Phi) is 3.32. The molecule has 0 aromatic carbocycles. The monoisotopic (exact) mass is 247 g/mol. The molecule has 0 bridgehead atoms. The summed E-state index contributed by atoms with van der Waals surface area (Å²) >= 11 is 0. The Labute approximate surface area is 106 Å². The minimum atomic E-state index is -0.375. The molecule has 96 valence electrons. The second-order valence-corrected chi connectivity index (χ2v) is 4.90. The Morgan fingerprint density at radius 3 is 2.61 bits per heavy atom. The fourth-order valence-corrected chi connectivity index (χ4v) is 2.10. The van der Waals surface area contributed by atoms with Gasteiger partial charge in [-0.2, -0.15) is 0 Å². The van der Waals surface area contributed by atoms with Crippen molar-refractivity contribution in [2.75, 3.05) is 11.9 Å². The zero-order chi connectivity index (χ0) is 13.3.